The maximum Gasteiger partial charge on any atom is 0.243 e. The predicted octanol–water partition coefficient (Wildman–Crippen LogP) is 2.46. The van der Waals surface area contributed by atoms with E-state index in [0.29, 0.717) is 25.9 Å². The molecule has 6 nitrogen and oxygen atoms in total. The van der Waals surface area contributed by atoms with Gasteiger partial charge in [-0.2, -0.15) is 4.31 Å². The second-order valence-electron chi connectivity index (χ2n) is 8.32. The topological polar surface area (TPSA) is 69.7 Å². The molecule has 0 spiro atoms. The number of piperidine rings is 2. The molecule has 2 heterocycles. The minimum Gasteiger partial charge on any atom is -0.356 e. The third-order valence-corrected chi connectivity index (χ3v) is 7.91. The van der Waals surface area contributed by atoms with Crippen LogP contribution in [-0.4, -0.2) is 62.8 Å². The largest absolute Gasteiger partial charge is 0.356 e. The monoisotopic (exact) mass is 425 g/mol. The lowest BCUT2D eigenvalue weighted by molar-refractivity contribution is -0.126. The first-order chi connectivity index (χ1) is 13.9. The number of halogens is 1. The smallest absolute Gasteiger partial charge is 0.243 e. The van der Waals surface area contributed by atoms with Crippen molar-refractivity contribution in [2.45, 2.75) is 43.9 Å². The molecule has 0 aliphatic carbocycles. The molecule has 2 aliphatic rings. The fraction of sp³-hybridized carbons (Fsp3) is 0.667. The molecule has 1 amide bonds. The van der Waals surface area contributed by atoms with Gasteiger partial charge in [0.25, 0.3) is 0 Å². The predicted molar refractivity (Wildman–Crippen MR) is 110 cm³/mol. The first kappa shape index (κ1) is 22.2. The number of sulfonamides is 1. The Morgan fingerprint density at radius 3 is 2.52 bits per heavy atom. The van der Waals surface area contributed by atoms with E-state index in [1.807, 2.05) is 0 Å². The summed E-state index contributed by atoms with van der Waals surface area (Å²) in [5.41, 5.74) is 0. The van der Waals surface area contributed by atoms with Crippen LogP contribution in [0.4, 0.5) is 4.39 Å². The second-order valence-corrected chi connectivity index (χ2v) is 10.3. The highest BCUT2D eigenvalue weighted by molar-refractivity contribution is 7.89. The Morgan fingerprint density at radius 2 is 1.83 bits per heavy atom. The van der Waals surface area contributed by atoms with Crippen molar-refractivity contribution in [3.8, 4) is 0 Å². The fourth-order valence-corrected chi connectivity index (χ4v) is 5.60. The van der Waals surface area contributed by atoms with Crippen LogP contribution in [0.1, 0.15) is 39.0 Å². The average molecular weight is 426 g/mol. The van der Waals surface area contributed by atoms with E-state index in [9.17, 15) is 17.6 Å². The van der Waals surface area contributed by atoms with E-state index in [0.717, 1.165) is 44.1 Å². The third-order valence-electron chi connectivity index (χ3n) is 6.03. The van der Waals surface area contributed by atoms with E-state index in [4.69, 9.17) is 0 Å². The molecule has 2 aliphatic heterocycles. The van der Waals surface area contributed by atoms with Gasteiger partial charge in [-0.1, -0.05) is 6.92 Å². The van der Waals surface area contributed by atoms with Crippen molar-refractivity contribution in [3.63, 3.8) is 0 Å². The van der Waals surface area contributed by atoms with Gasteiger partial charge in [-0.3, -0.25) is 4.79 Å². The molecule has 162 valence electrons. The van der Waals surface area contributed by atoms with Crippen LogP contribution < -0.4 is 5.32 Å². The lowest BCUT2D eigenvalue weighted by Crippen LogP contribution is -2.45. The molecule has 2 saturated heterocycles. The lowest BCUT2D eigenvalue weighted by Gasteiger charge is -2.31. The number of nitrogens with one attached hydrogen (secondary N) is 1. The summed E-state index contributed by atoms with van der Waals surface area (Å²) in [6.45, 7) is 6.73. The minimum atomic E-state index is -3.71. The van der Waals surface area contributed by atoms with E-state index in [1.54, 1.807) is 0 Å². The first-order valence-corrected chi connectivity index (χ1v) is 12.1. The zero-order valence-electron chi connectivity index (χ0n) is 17.1. The Balaban J connectivity index is 1.46. The SMILES string of the molecule is CC1CCN(CCCNC(=O)[C@@H]2CCCN(S(=O)(=O)c3ccc(F)cc3)C2)CC1. The molecule has 0 unspecified atom stereocenters. The van der Waals surface area contributed by atoms with Crippen molar-refractivity contribution in [1.29, 1.82) is 0 Å². The van der Waals surface area contributed by atoms with Gasteiger partial charge in [-0.15, -0.1) is 0 Å². The fourth-order valence-electron chi connectivity index (χ4n) is 4.07. The number of carbonyl (C=O) groups excluding carboxylic acids is 1. The van der Waals surface area contributed by atoms with Crippen LogP contribution >= 0.6 is 0 Å². The van der Waals surface area contributed by atoms with E-state index in [1.165, 1.54) is 29.3 Å². The molecule has 3 rings (SSSR count). The quantitative estimate of drug-likeness (QED) is 0.682. The second kappa shape index (κ2) is 10.00. The van der Waals surface area contributed by atoms with Crippen molar-refractivity contribution >= 4 is 15.9 Å². The zero-order valence-corrected chi connectivity index (χ0v) is 18.0. The maximum atomic E-state index is 13.1. The van der Waals surface area contributed by atoms with Gasteiger partial charge < -0.3 is 10.2 Å². The average Bonchev–Trinajstić information content (AvgIpc) is 2.73. The molecule has 0 aromatic heterocycles. The van der Waals surface area contributed by atoms with Gasteiger partial charge in [0.1, 0.15) is 5.82 Å². The van der Waals surface area contributed by atoms with E-state index in [-0.39, 0.29) is 23.3 Å². The molecule has 0 bridgehead atoms. The number of hydrogen-bond donors (Lipinski definition) is 1. The molecule has 2 fully saturated rings. The summed E-state index contributed by atoms with van der Waals surface area (Å²) in [5.74, 6) is -0.0728. The van der Waals surface area contributed by atoms with Crippen molar-refractivity contribution in [2.24, 2.45) is 11.8 Å². The Labute approximate surface area is 173 Å². The number of likely N-dealkylation sites (tertiary alicyclic amines) is 1. The summed E-state index contributed by atoms with van der Waals surface area (Å²) in [7, 11) is -3.71. The number of rotatable bonds is 7. The molecule has 0 radical (unpaired) electrons. The molecule has 29 heavy (non-hydrogen) atoms. The molecule has 1 N–H and O–H groups in total. The first-order valence-electron chi connectivity index (χ1n) is 10.6. The van der Waals surface area contributed by atoms with Gasteiger partial charge >= 0.3 is 0 Å². The van der Waals surface area contributed by atoms with E-state index >= 15 is 0 Å². The Bertz CT molecular complexity index is 777. The Hall–Kier alpha value is -1.51. The van der Waals surface area contributed by atoms with Crippen molar-refractivity contribution < 1.29 is 17.6 Å². The Morgan fingerprint density at radius 1 is 1.14 bits per heavy atom. The Kier molecular flexibility index (Phi) is 7.65. The van der Waals surface area contributed by atoms with Crippen molar-refractivity contribution in [1.82, 2.24) is 14.5 Å². The van der Waals surface area contributed by atoms with Gasteiger partial charge in [0, 0.05) is 19.6 Å². The highest BCUT2D eigenvalue weighted by Crippen LogP contribution is 2.24. The van der Waals surface area contributed by atoms with Crippen LogP contribution in [0.5, 0.6) is 0 Å². The van der Waals surface area contributed by atoms with Crippen LogP contribution in [0.2, 0.25) is 0 Å². The zero-order chi connectivity index (χ0) is 20.9. The molecular formula is C21H32FN3O3S. The summed E-state index contributed by atoms with van der Waals surface area (Å²) in [6.07, 6.45) is 4.72. The van der Waals surface area contributed by atoms with E-state index < -0.39 is 15.8 Å². The van der Waals surface area contributed by atoms with Crippen LogP contribution in [-0.2, 0) is 14.8 Å². The number of nitrogens with zero attached hydrogens (tertiary/aromatic N) is 2. The standard InChI is InChI=1S/C21H32FN3O3S/c1-17-9-14-24(15-10-17)12-3-11-23-21(26)18-4-2-13-25(16-18)29(27,28)20-7-5-19(22)6-8-20/h5-8,17-18H,2-4,9-16H2,1H3,(H,23,26)/t18-/m1/s1. The van der Waals surface area contributed by atoms with Crippen molar-refractivity contribution in [2.75, 3.05) is 39.3 Å². The van der Waals surface area contributed by atoms with Crippen LogP contribution in [0.25, 0.3) is 0 Å². The summed E-state index contributed by atoms with van der Waals surface area (Å²) in [4.78, 5) is 15.1. The molecule has 1 aromatic rings. The number of hydrogen-bond acceptors (Lipinski definition) is 4. The molecule has 8 heteroatoms. The molecule has 1 atom stereocenters. The third kappa shape index (κ3) is 5.99. The highest BCUT2D eigenvalue weighted by Gasteiger charge is 2.33. The minimum absolute atomic E-state index is 0.0656. The van der Waals surface area contributed by atoms with Crippen molar-refractivity contribution in [3.05, 3.63) is 30.1 Å². The summed E-state index contributed by atoms with van der Waals surface area (Å²) in [6, 6.07) is 4.83. The number of carbonyl (C=O) groups is 1. The normalized spacial score (nSPS) is 22.5. The lowest BCUT2D eigenvalue weighted by atomic mass is 9.98. The van der Waals surface area contributed by atoms with Gasteiger partial charge in [-0.25, -0.2) is 12.8 Å². The molecule has 1 aromatic carbocycles. The van der Waals surface area contributed by atoms with Crippen LogP contribution in [0.15, 0.2) is 29.2 Å². The van der Waals surface area contributed by atoms with Gasteiger partial charge in [0.05, 0.1) is 10.8 Å². The van der Waals surface area contributed by atoms with Gasteiger partial charge in [0.2, 0.25) is 15.9 Å². The van der Waals surface area contributed by atoms with Gasteiger partial charge in [-0.05, 0) is 81.9 Å². The van der Waals surface area contributed by atoms with E-state index in [2.05, 4.69) is 17.1 Å². The summed E-state index contributed by atoms with van der Waals surface area (Å²) < 4.78 is 40.0. The number of benzene rings is 1. The van der Waals surface area contributed by atoms with Crippen LogP contribution in [0, 0.1) is 17.7 Å². The molecule has 0 saturated carbocycles. The number of amides is 1. The summed E-state index contributed by atoms with van der Waals surface area (Å²) in [5, 5.41) is 2.98. The van der Waals surface area contributed by atoms with Gasteiger partial charge in [0.15, 0.2) is 0 Å². The summed E-state index contributed by atoms with van der Waals surface area (Å²) >= 11 is 0. The maximum absolute atomic E-state index is 13.1. The van der Waals surface area contributed by atoms with Crippen LogP contribution in [0.3, 0.4) is 0 Å². The highest BCUT2D eigenvalue weighted by atomic mass is 32.2. The molecular weight excluding hydrogens is 393 g/mol.